The zero-order valence-electron chi connectivity index (χ0n) is 46.1. The number of nitrogens with zero attached hydrogens (tertiary/aromatic N) is 2. The van der Waals surface area contributed by atoms with Gasteiger partial charge in [-0.3, -0.25) is 9.59 Å². The molecule has 2 N–H and O–H groups in total. The number of likely N-dealkylation sites (tertiary alicyclic amines) is 2. The third-order valence-corrected chi connectivity index (χ3v) is 13.5. The first-order valence-electron chi connectivity index (χ1n) is 29.5. The lowest BCUT2D eigenvalue weighted by atomic mass is 10.1. The van der Waals surface area contributed by atoms with Crippen LogP contribution in [0.1, 0.15) is 226 Å². The third kappa shape index (κ3) is 38.4. The van der Waals surface area contributed by atoms with Gasteiger partial charge in [0.15, 0.2) is 18.5 Å². The number of unbranched alkanes of at least 4 members (excludes halogenated alkanes) is 18. The summed E-state index contributed by atoms with van der Waals surface area (Å²) in [6, 6.07) is 0. The Hall–Kier alpha value is -3.20. The number of allylic oxidation sites excluding steroid dienone is 4. The molecule has 2 unspecified atom stereocenters. The molecular formula is C58H106N4O10. The molecule has 0 spiro atoms. The lowest BCUT2D eigenvalue weighted by Crippen LogP contribution is -2.46. The average molecular weight is 1020 g/mol. The van der Waals surface area contributed by atoms with Gasteiger partial charge in [-0.1, -0.05) is 141 Å². The van der Waals surface area contributed by atoms with Crippen LogP contribution in [0.25, 0.3) is 0 Å². The maximum atomic E-state index is 13.4. The molecule has 2 rings (SSSR count). The largest absolute Gasteiger partial charge is 0.462 e. The molecule has 0 aromatic rings. The number of amides is 2. The van der Waals surface area contributed by atoms with E-state index in [1.165, 1.54) is 96.3 Å². The van der Waals surface area contributed by atoms with Gasteiger partial charge in [0, 0.05) is 39.1 Å². The van der Waals surface area contributed by atoms with Crippen molar-refractivity contribution < 1.29 is 47.6 Å². The molecule has 0 aromatic carbocycles. The zero-order chi connectivity index (χ0) is 51.8. The van der Waals surface area contributed by atoms with Crippen LogP contribution in [0.2, 0.25) is 0 Å². The van der Waals surface area contributed by atoms with E-state index >= 15 is 0 Å². The lowest BCUT2D eigenvalue weighted by Gasteiger charge is -2.27. The Morgan fingerprint density at radius 3 is 1.36 bits per heavy atom. The number of nitrogens with one attached hydrogen (secondary N) is 2. The molecule has 2 aliphatic rings. The molecule has 2 amide bonds. The molecule has 14 nitrogen and oxygen atoms in total. The van der Waals surface area contributed by atoms with Crippen LogP contribution in [0.4, 0.5) is 9.59 Å². The van der Waals surface area contributed by atoms with Crippen LogP contribution in [0, 0.1) is 0 Å². The first-order valence-corrected chi connectivity index (χ1v) is 29.5. The summed E-state index contributed by atoms with van der Waals surface area (Å²) < 4.78 is 35.5. The van der Waals surface area contributed by atoms with Crippen molar-refractivity contribution in [3.05, 3.63) is 24.3 Å². The summed E-state index contributed by atoms with van der Waals surface area (Å²) in [7, 11) is 0. The van der Waals surface area contributed by atoms with Crippen molar-refractivity contribution in [1.29, 1.82) is 0 Å². The Kier molecular flexibility index (Phi) is 42.8. The maximum absolute atomic E-state index is 13.4. The lowest BCUT2D eigenvalue weighted by molar-refractivity contribution is -0.164. The van der Waals surface area contributed by atoms with Gasteiger partial charge in [-0.2, -0.15) is 0 Å². The first-order chi connectivity index (χ1) is 35.3. The monoisotopic (exact) mass is 1020 g/mol. The highest BCUT2D eigenvalue weighted by atomic mass is 16.7. The fourth-order valence-corrected chi connectivity index (χ4v) is 9.01. The van der Waals surface area contributed by atoms with Crippen molar-refractivity contribution in [3.8, 4) is 0 Å². The van der Waals surface area contributed by atoms with Crippen LogP contribution in [-0.2, 0) is 38.0 Å². The number of carbonyl (C=O) groups excluding carboxylic acids is 4. The van der Waals surface area contributed by atoms with Gasteiger partial charge in [0.2, 0.25) is 0 Å². The van der Waals surface area contributed by atoms with Crippen LogP contribution in [0.15, 0.2) is 24.3 Å². The van der Waals surface area contributed by atoms with Crippen LogP contribution in [-0.4, -0.2) is 131 Å². The zero-order valence-corrected chi connectivity index (χ0v) is 46.1. The summed E-state index contributed by atoms with van der Waals surface area (Å²) in [6.07, 6.45) is 36.8. The number of hydrogen-bond donors (Lipinski definition) is 2. The highest BCUT2D eigenvalue weighted by molar-refractivity contribution is 5.71. The van der Waals surface area contributed by atoms with Crippen molar-refractivity contribution in [2.45, 2.75) is 245 Å². The number of alkyl carbamates (subject to hydrolysis) is 2. The second-order valence-electron chi connectivity index (χ2n) is 20.1. The summed E-state index contributed by atoms with van der Waals surface area (Å²) in [4.78, 5) is 58.0. The van der Waals surface area contributed by atoms with Gasteiger partial charge in [0.05, 0.1) is 6.42 Å². The molecule has 2 saturated heterocycles. The number of hydrogen-bond acceptors (Lipinski definition) is 12. The van der Waals surface area contributed by atoms with E-state index < -0.39 is 49.2 Å². The van der Waals surface area contributed by atoms with E-state index in [1.807, 2.05) is 0 Å². The molecule has 72 heavy (non-hydrogen) atoms. The minimum absolute atomic E-state index is 0.0125. The van der Waals surface area contributed by atoms with E-state index in [0.717, 1.165) is 123 Å². The molecule has 14 heteroatoms. The maximum Gasteiger partial charge on any atom is 0.407 e. The normalized spacial score (nSPS) is 15.2. The van der Waals surface area contributed by atoms with Crippen LogP contribution in [0.5, 0.6) is 0 Å². The Morgan fingerprint density at radius 1 is 0.472 bits per heavy atom. The van der Waals surface area contributed by atoms with E-state index in [-0.39, 0.29) is 19.4 Å². The molecule has 0 aromatic heterocycles. The van der Waals surface area contributed by atoms with E-state index in [4.69, 9.17) is 28.4 Å². The molecule has 418 valence electrons. The minimum Gasteiger partial charge on any atom is -0.462 e. The Morgan fingerprint density at radius 2 is 0.875 bits per heavy atom. The summed E-state index contributed by atoms with van der Waals surface area (Å²) >= 11 is 0. The molecule has 0 aliphatic carbocycles. The molecule has 2 atom stereocenters. The SMILES string of the molecule is CCCCC/C=C\C/C=C\CCCCCCCC(=O)OCC(OC(=O)NCCCN1CCCC1)C(COC(=O)CCC(OCCCCCCCC)OCCCCCCCC)OC(=O)NCCCN1CCCC1. The van der Waals surface area contributed by atoms with Gasteiger partial charge < -0.3 is 48.9 Å². The minimum atomic E-state index is -1.25. The van der Waals surface area contributed by atoms with Crippen molar-refractivity contribution in [1.82, 2.24) is 20.4 Å². The quantitative estimate of drug-likeness (QED) is 0.0196. The fourth-order valence-electron chi connectivity index (χ4n) is 9.01. The van der Waals surface area contributed by atoms with Gasteiger partial charge in [0.25, 0.3) is 0 Å². The molecule has 2 heterocycles. The highest BCUT2D eigenvalue weighted by Crippen LogP contribution is 2.16. The summed E-state index contributed by atoms with van der Waals surface area (Å²) in [5, 5.41) is 5.64. The number of ether oxygens (including phenoxy) is 6. The molecular weight excluding hydrogens is 913 g/mol. The van der Waals surface area contributed by atoms with E-state index in [9.17, 15) is 19.2 Å². The van der Waals surface area contributed by atoms with Crippen molar-refractivity contribution in [2.75, 3.05) is 78.8 Å². The summed E-state index contributed by atoms with van der Waals surface area (Å²) in [6.45, 7) is 13.7. The fraction of sp³-hybridized carbons (Fsp3) is 0.862. The number of carbonyl (C=O) groups is 4. The van der Waals surface area contributed by atoms with E-state index in [0.29, 0.717) is 39.1 Å². The summed E-state index contributed by atoms with van der Waals surface area (Å²) in [5.41, 5.74) is 0. The molecule has 2 aliphatic heterocycles. The first kappa shape index (κ1) is 64.9. The molecule has 2 fully saturated rings. The van der Waals surface area contributed by atoms with Crippen LogP contribution < -0.4 is 10.6 Å². The second-order valence-corrected chi connectivity index (χ2v) is 20.1. The van der Waals surface area contributed by atoms with Gasteiger partial charge in [-0.25, -0.2) is 9.59 Å². The van der Waals surface area contributed by atoms with Gasteiger partial charge >= 0.3 is 24.1 Å². The molecule has 0 bridgehead atoms. The van der Waals surface area contributed by atoms with Crippen molar-refractivity contribution in [2.24, 2.45) is 0 Å². The number of rotatable bonds is 48. The van der Waals surface area contributed by atoms with E-state index in [1.54, 1.807) is 0 Å². The predicted molar refractivity (Wildman–Crippen MR) is 290 cm³/mol. The average Bonchev–Trinajstić information content (AvgIpc) is 4.12. The molecule has 0 radical (unpaired) electrons. The van der Waals surface area contributed by atoms with Gasteiger partial charge in [-0.05, 0) is 129 Å². The Labute approximate surface area is 438 Å². The van der Waals surface area contributed by atoms with E-state index in [2.05, 4.69) is 65.5 Å². The van der Waals surface area contributed by atoms with Gasteiger partial charge in [0.1, 0.15) is 13.2 Å². The Bertz CT molecular complexity index is 1350. The van der Waals surface area contributed by atoms with Gasteiger partial charge in [-0.15, -0.1) is 0 Å². The smallest absolute Gasteiger partial charge is 0.407 e. The Balaban J connectivity index is 2.03. The topological polar surface area (TPSA) is 154 Å². The second kappa shape index (κ2) is 47.5. The van der Waals surface area contributed by atoms with Crippen LogP contribution >= 0.6 is 0 Å². The highest BCUT2D eigenvalue weighted by Gasteiger charge is 2.32. The van der Waals surface area contributed by atoms with Crippen molar-refractivity contribution in [3.63, 3.8) is 0 Å². The molecule has 0 saturated carbocycles. The van der Waals surface area contributed by atoms with Crippen molar-refractivity contribution >= 4 is 24.1 Å². The standard InChI is InChI=1S/C58H106N4O10/c1-4-7-10-13-16-17-18-19-20-21-22-23-24-25-28-37-54(63)69-50-52(71-57(65)59-40-35-46-61-42-29-30-43-61)53(72-58(66)60-41-36-47-62-44-31-32-45-62)51-70-55(64)38-39-56(67-48-33-26-14-11-8-5-2)68-49-34-27-15-12-9-6-3/h16-17,19-20,52-53,56H,4-15,18,21-51H2,1-3H3,(H,59,65)(H,60,66)/b17-16-,20-19-. The van der Waals surface area contributed by atoms with Crippen LogP contribution in [0.3, 0.4) is 0 Å². The summed E-state index contributed by atoms with van der Waals surface area (Å²) in [5.74, 6) is -0.968. The third-order valence-electron chi connectivity index (χ3n) is 13.5. The number of esters is 2. The predicted octanol–water partition coefficient (Wildman–Crippen LogP) is 12.9.